The number of carbonyl (C=O) groups is 1. The number of hydrazone groups is 1. The van der Waals surface area contributed by atoms with Crippen LogP contribution in [0, 0.1) is 5.82 Å². The number of nitrogens with one attached hydrogen (secondary N) is 1. The van der Waals surface area contributed by atoms with Crippen molar-refractivity contribution in [1.29, 1.82) is 0 Å². The molecular formula is C15H12BrFN2O. The normalized spacial score (nSPS) is 11.2. The van der Waals surface area contributed by atoms with Gasteiger partial charge in [-0.25, -0.2) is 9.82 Å². The zero-order valence-electron chi connectivity index (χ0n) is 10.7. The van der Waals surface area contributed by atoms with Gasteiger partial charge in [-0.05, 0) is 36.8 Å². The molecule has 0 aliphatic rings. The van der Waals surface area contributed by atoms with Crippen LogP contribution in [0.2, 0.25) is 0 Å². The first kappa shape index (κ1) is 14.4. The molecule has 5 heteroatoms. The molecule has 0 fully saturated rings. The minimum atomic E-state index is -0.572. The minimum Gasteiger partial charge on any atom is -0.267 e. The maximum absolute atomic E-state index is 13.4. The van der Waals surface area contributed by atoms with Gasteiger partial charge in [0.05, 0.1) is 11.3 Å². The number of halogens is 2. The maximum atomic E-state index is 13.4. The van der Waals surface area contributed by atoms with E-state index in [0.29, 0.717) is 5.71 Å². The quantitative estimate of drug-likeness (QED) is 0.674. The molecular weight excluding hydrogens is 323 g/mol. The number of nitrogens with zero attached hydrogens (tertiary/aromatic N) is 1. The van der Waals surface area contributed by atoms with Crippen molar-refractivity contribution in [2.45, 2.75) is 6.92 Å². The zero-order chi connectivity index (χ0) is 14.5. The van der Waals surface area contributed by atoms with Crippen molar-refractivity contribution >= 4 is 27.5 Å². The van der Waals surface area contributed by atoms with Crippen LogP contribution < -0.4 is 5.43 Å². The van der Waals surface area contributed by atoms with Crippen LogP contribution in [-0.2, 0) is 0 Å². The maximum Gasteiger partial charge on any atom is 0.274 e. The van der Waals surface area contributed by atoms with Crippen molar-refractivity contribution in [3.63, 3.8) is 0 Å². The summed E-state index contributed by atoms with van der Waals surface area (Å²) in [7, 11) is 0. The fourth-order valence-electron chi connectivity index (χ4n) is 1.62. The fourth-order valence-corrected chi connectivity index (χ4v) is 2.02. The summed E-state index contributed by atoms with van der Waals surface area (Å²) < 4.78 is 14.3. The third kappa shape index (κ3) is 3.51. The Morgan fingerprint density at radius 3 is 2.65 bits per heavy atom. The van der Waals surface area contributed by atoms with Crippen molar-refractivity contribution < 1.29 is 9.18 Å². The van der Waals surface area contributed by atoms with Gasteiger partial charge in [0.1, 0.15) is 5.82 Å². The van der Waals surface area contributed by atoms with Crippen LogP contribution in [0.15, 0.2) is 58.1 Å². The lowest BCUT2D eigenvalue weighted by atomic mass is 10.1. The molecule has 102 valence electrons. The molecule has 0 radical (unpaired) electrons. The van der Waals surface area contributed by atoms with Crippen molar-refractivity contribution in [2.24, 2.45) is 5.10 Å². The molecule has 20 heavy (non-hydrogen) atoms. The third-order valence-electron chi connectivity index (χ3n) is 2.69. The highest BCUT2D eigenvalue weighted by molar-refractivity contribution is 9.10. The second kappa shape index (κ2) is 6.43. The highest BCUT2D eigenvalue weighted by Crippen LogP contribution is 2.12. The predicted octanol–water partition coefficient (Wildman–Crippen LogP) is 3.74. The van der Waals surface area contributed by atoms with Gasteiger partial charge in [0.25, 0.3) is 5.91 Å². The summed E-state index contributed by atoms with van der Waals surface area (Å²) in [5.74, 6) is -1.14. The first-order valence-corrected chi connectivity index (χ1v) is 6.72. The topological polar surface area (TPSA) is 41.5 Å². The van der Waals surface area contributed by atoms with Gasteiger partial charge in [0.2, 0.25) is 0 Å². The van der Waals surface area contributed by atoms with E-state index in [1.807, 2.05) is 24.3 Å². The molecule has 0 spiro atoms. The predicted molar refractivity (Wildman–Crippen MR) is 80.2 cm³/mol. The number of carbonyl (C=O) groups excluding carboxylic acids is 1. The molecule has 0 bridgehead atoms. The Morgan fingerprint density at radius 2 is 1.95 bits per heavy atom. The summed E-state index contributed by atoms with van der Waals surface area (Å²) in [5.41, 5.74) is 3.83. The van der Waals surface area contributed by atoms with Crippen molar-refractivity contribution in [2.75, 3.05) is 0 Å². The van der Waals surface area contributed by atoms with E-state index >= 15 is 0 Å². The summed E-state index contributed by atoms with van der Waals surface area (Å²) >= 11 is 3.36. The van der Waals surface area contributed by atoms with Crippen LogP contribution in [0.5, 0.6) is 0 Å². The number of benzene rings is 2. The van der Waals surface area contributed by atoms with Gasteiger partial charge >= 0.3 is 0 Å². The Labute approximate surface area is 124 Å². The van der Waals surface area contributed by atoms with E-state index in [2.05, 4.69) is 26.5 Å². The smallest absolute Gasteiger partial charge is 0.267 e. The molecule has 0 unspecified atom stereocenters. The first-order valence-electron chi connectivity index (χ1n) is 5.93. The number of amides is 1. The first-order chi connectivity index (χ1) is 9.58. The van der Waals surface area contributed by atoms with Gasteiger partial charge < -0.3 is 0 Å². The van der Waals surface area contributed by atoms with Crippen LogP contribution in [0.25, 0.3) is 0 Å². The van der Waals surface area contributed by atoms with Crippen molar-refractivity contribution in [3.8, 4) is 0 Å². The van der Waals surface area contributed by atoms with E-state index in [9.17, 15) is 9.18 Å². The zero-order valence-corrected chi connectivity index (χ0v) is 12.3. The van der Waals surface area contributed by atoms with Gasteiger partial charge in [-0.1, -0.05) is 40.2 Å². The minimum absolute atomic E-state index is 0.0294. The molecule has 2 aromatic rings. The van der Waals surface area contributed by atoms with Crippen LogP contribution in [0.4, 0.5) is 4.39 Å². The average Bonchev–Trinajstić information content (AvgIpc) is 2.45. The molecule has 0 heterocycles. The molecule has 2 aromatic carbocycles. The second-order valence-electron chi connectivity index (χ2n) is 4.13. The molecule has 1 N–H and O–H groups in total. The van der Waals surface area contributed by atoms with Crippen LogP contribution in [0.3, 0.4) is 0 Å². The lowest BCUT2D eigenvalue weighted by molar-refractivity contribution is 0.0951. The number of rotatable bonds is 3. The van der Waals surface area contributed by atoms with E-state index in [1.165, 1.54) is 18.2 Å². The summed E-state index contributed by atoms with van der Waals surface area (Å²) in [5, 5.41) is 3.98. The fraction of sp³-hybridized carbons (Fsp3) is 0.0667. The standard InChI is InChI=1S/C15H12BrFN2O/c1-10(11-5-4-6-12(16)9-11)18-19-15(20)13-7-2-3-8-14(13)17/h2-9H,1H3,(H,19,20)/b18-10+. The number of hydrogen-bond donors (Lipinski definition) is 1. The summed E-state index contributed by atoms with van der Waals surface area (Å²) in [6.45, 7) is 1.77. The van der Waals surface area contributed by atoms with Gasteiger partial charge in [-0.3, -0.25) is 4.79 Å². The van der Waals surface area contributed by atoms with E-state index < -0.39 is 11.7 Å². The Bertz CT molecular complexity index is 670. The molecule has 0 saturated heterocycles. The molecule has 0 aromatic heterocycles. The summed E-state index contributed by atoms with van der Waals surface area (Å²) in [6.07, 6.45) is 0. The van der Waals surface area contributed by atoms with Crippen molar-refractivity contribution in [1.82, 2.24) is 5.43 Å². The van der Waals surface area contributed by atoms with Crippen LogP contribution >= 0.6 is 15.9 Å². The highest BCUT2D eigenvalue weighted by atomic mass is 79.9. The van der Waals surface area contributed by atoms with Crippen LogP contribution in [0.1, 0.15) is 22.8 Å². The molecule has 0 atom stereocenters. The number of hydrogen-bond acceptors (Lipinski definition) is 2. The molecule has 0 aliphatic carbocycles. The molecule has 1 amide bonds. The molecule has 3 nitrogen and oxygen atoms in total. The lowest BCUT2D eigenvalue weighted by Gasteiger charge is -2.04. The van der Waals surface area contributed by atoms with E-state index in [1.54, 1.807) is 13.0 Å². The Morgan fingerprint density at radius 1 is 1.20 bits per heavy atom. The monoisotopic (exact) mass is 334 g/mol. The van der Waals surface area contributed by atoms with Gasteiger partial charge in [0, 0.05) is 4.47 Å². The highest BCUT2D eigenvalue weighted by Gasteiger charge is 2.09. The molecule has 0 saturated carbocycles. The SMILES string of the molecule is C/C(=N\NC(=O)c1ccccc1F)c1cccc(Br)c1. The van der Waals surface area contributed by atoms with Crippen LogP contribution in [-0.4, -0.2) is 11.6 Å². The lowest BCUT2D eigenvalue weighted by Crippen LogP contribution is -2.20. The third-order valence-corrected chi connectivity index (χ3v) is 3.18. The van der Waals surface area contributed by atoms with Gasteiger partial charge in [-0.2, -0.15) is 5.10 Å². The second-order valence-corrected chi connectivity index (χ2v) is 5.04. The van der Waals surface area contributed by atoms with E-state index in [0.717, 1.165) is 10.0 Å². The van der Waals surface area contributed by atoms with E-state index in [-0.39, 0.29) is 5.56 Å². The van der Waals surface area contributed by atoms with Crippen molar-refractivity contribution in [3.05, 3.63) is 69.9 Å². The molecule has 2 rings (SSSR count). The summed E-state index contributed by atoms with van der Waals surface area (Å²) in [6, 6.07) is 13.3. The largest absolute Gasteiger partial charge is 0.274 e. The Hall–Kier alpha value is -2.01. The average molecular weight is 335 g/mol. The summed E-state index contributed by atoms with van der Waals surface area (Å²) in [4.78, 5) is 11.8. The Kier molecular flexibility index (Phi) is 4.63. The Balaban J connectivity index is 2.13. The van der Waals surface area contributed by atoms with E-state index in [4.69, 9.17) is 0 Å². The van der Waals surface area contributed by atoms with Gasteiger partial charge in [-0.15, -0.1) is 0 Å². The molecule has 0 aliphatic heterocycles. The van der Waals surface area contributed by atoms with Gasteiger partial charge in [0.15, 0.2) is 0 Å².